The summed E-state index contributed by atoms with van der Waals surface area (Å²) in [4.78, 5) is 14.3. The third-order valence-corrected chi connectivity index (χ3v) is 2.89. The number of anilines is 1. The van der Waals surface area contributed by atoms with Gasteiger partial charge in [-0.05, 0) is 6.07 Å². The van der Waals surface area contributed by atoms with E-state index in [4.69, 9.17) is 11.6 Å². The van der Waals surface area contributed by atoms with Crippen molar-refractivity contribution in [3.05, 3.63) is 51.6 Å². The number of aromatic nitrogens is 2. The fourth-order valence-electron chi connectivity index (χ4n) is 1.50. The first-order valence-electron chi connectivity index (χ1n) is 5.22. The highest BCUT2D eigenvalue weighted by Crippen LogP contribution is 2.18. The highest BCUT2D eigenvalue weighted by Gasteiger charge is 2.07. The van der Waals surface area contributed by atoms with Crippen LogP contribution in [0, 0.1) is 10.1 Å². The molecule has 94 valence electrons. The molecule has 0 radical (unpaired) electrons. The third kappa shape index (κ3) is 2.60. The number of nitro groups is 1. The van der Waals surface area contributed by atoms with E-state index in [1.807, 2.05) is 0 Å². The van der Waals surface area contributed by atoms with Gasteiger partial charge < -0.3 is 9.88 Å². The van der Waals surface area contributed by atoms with E-state index in [2.05, 4.69) is 10.3 Å². The number of nitrogens with zero attached hydrogens (tertiary/aromatic N) is 3. The van der Waals surface area contributed by atoms with Crippen LogP contribution in [-0.2, 0) is 13.6 Å². The summed E-state index contributed by atoms with van der Waals surface area (Å²) in [6.45, 7) is 0.449. The normalized spacial score (nSPS) is 10.3. The highest BCUT2D eigenvalue weighted by atomic mass is 35.5. The van der Waals surface area contributed by atoms with Crippen LogP contribution in [0.1, 0.15) is 5.82 Å². The van der Waals surface area contributed by atoms with Crippen LogP contribution in [0.2, 0.25) is 5.15 Å². The van der Waals surface area contributed by atoms with E-state index in [0.29, 0.717) is 17.4 Å². The second-order valence-corrected chi connectivity index (χ2v) is 4.10. The van der Waals surface area contributed by atoms with Crippen molar-refractivity contribution in [2.75, 3.05) is 5.32 Å². The lowest BCUT2D eigenvalue weighted by atomic mass is 10.3. The summed E-state index contributed by atoms with van der Waals surface area (Å²) in [5.74, 6) is 0.756. The molecule has 6 nitrogen and oxygen atoms in total. The van der Waals surface area contributed by atoms with E-state index in [1.54, 1.807) is 29.9 Å². The molecule has 7 heteroatoms. The molecule has 0 unspecified atom stereocenters. The molecule has 1 aromatic heterocycles. The molecule has 0 saturated heterocycles. The number of imidazole rings is 1. The van der Waals surface area contributed by atoms with Crippen molar-refractivity contribution in [3.8, 4) is 0 Å². The number of halogens is 1. The lowest BCUT2D eigenvalue weighted by Crippen LogP contribution is -2.06. The van der Waals surface area contributed by atoms with Crippen molar-refractivity contribution in [3.63, 3.8) is 0 Å². The molecule has 0 aliphatic rings. The van der Waals surface area contributed by atoms with Crippen LogP contribution in [-0.4, -0.2) is 14.5 Å². The Balaban J connectivity index is 2.08. The summed E-state index contributed by atoms with van der Waals surface area (Å²) in [6.07, 6.45) is 1.56. The van der Waals surface area contributed by atoms with E-state index in [9.17, 15) is 10.1 Å². The quantitative estimate of drug-likeness (QED) is 0.682. The largest absolute Gasteiger partial charge is 0.378 e. The van der Waals surface area contributed by atoms with Gasteiger partial charge in [-0.25, -0.2) is 4.98 Å². The van der Waals surface area contributed by atoms with Crippen molar-refractivity contribution < 1.29 is 4.92 Å². The Kier molecular flexibility index (Phi) is 3.47. The summed E-state index contributed by atoms with van der Waals surface area (Å²) < 4.78 is 1.74. The summed E-state index contributed by atoms with van der Waals surface area (Å²) in [6, 6.07) is 6.32. The first-order valence-corrected chi connectivity index (χ1v) is 5.60. The average molecular weight is 267 g/mol. The fourth-order valence-corrected chi connectivity index (χ4v) is 1.65. The lowest BCUT2D eigenvalue weighted by molar-refractivity contribution is -0.384. The Morgan fingerprint density at radius 1 is 1.56 bits per heavy atom. The molecule has 2 rings (SSSR count). The van der Waals surface area contributed by atoms with E-state index in [0.717, 1.165) is 5.82 Å². The maximum Gasteiger partial charge on any atom is 0.271 e. The van der Waals surface area contributed by atoms with Crippen molar-refractivity contribution in [2.24, 2.45) is 7.05 Å². The minimum Gasteiger partial charge on any atom is -0.378 e. The van der Waals surface area contributed by atoms with Crippen molar-refractivity contribution >= 4 is 23.0 Å². The SMILES string of the molecule is Cn1c(Cl)cnc1CNc1cccc([N+](=O)[O-])c1. The van der Waals surface area contributed by atoms with Crippen molar-refractivity contribution in [1.82, 2.24) is 9.55 Å². The van der Waals surface area contributed by atoms with Gasteiger partial charge in [0.05, 0.1) is 17.7 Å². The van der Waals surface area contributed by atoms with Gasteiger partial charge in [-0.3, -0.25) is 10.1 Å². The molecular weight excluding hydrogens is 256 g/mol. The Morgan fingerprint density at radius 2 is 2.33 bits per heavy atom. The van der Waals surface area contributed by atoms with Gasteiger partial charge in [-0.1, -0.05) is 17.7 Å². The van der Waals surface area contributed by atoms with Gasteiger partial charge in [0, 0.05) is 24.9 Å². The molecular formula is C11H11ClN4O2. The maximum absolute atomic E-state index is 10.6. The number of nitro benzene ring substituents is 1. The molecule has 1 N–H and O–H groups in total. The Morgan fingerprint density at radius 3 is 2.94 bits per heavy atom. The third-order valence-electron chi connectivity index (χ3n) is 2.54. The molecule has 2 aromatic rings. The second-order valence-electron chi connectivity index (χ2n) is 3.72. The number of rotatable bonds is 4. The highest BCUT2D eigenvalue weighted by molar-refractivity contribution is 6.29. The monoisotopic (exact) mass is 266 g/mol. The van der Waals surface area contributed by atoms with E-state index in [-0.39, 0.29) is 5.69 Å². The summed E-state index contributed by atoms with van der Waals surface area (Å²) in [5, 5.41) is 14.2. The minimum atomic E-state index is -0.428. The van der Waals surface area contributed by atoms with Crippen LogP contribution < -0.4 is 5.32 Å². The Labute approximate surface area is 108 Å². The first-order chi connectivity index (χ1) is 8.58. The number of hydrogen-bond donors (Lipinski definition) is 1. The summed E-state index contributed by atoms with van der Waals surface area (Å²) >= 11 is 5.86. The van der Waals surface area contributed by atoms with Gasteiger partial charge >= 0.3 is 0 Å². The van der Waals surface area contributed by atoms with Crippen LogP contribution >= 0.6 is 11.6 Å². The van der Waals surface area contributed by atoms with Crippen LogP contribution in [0.15, 0.2) is 30.5 Å². The zero-order valence-electron chi connectivity index (χ0n) is 9.63. The van der Waals surface area contributed by atoms with Crippen molar-refractivity contribution in [1.29, 1.82) is 0 Å². The van der Waals surface area contributed by atoms with Crippen LogP contribution in [0.5, 0.6) is 0 Å². The molecule has 1 heterocycles. The number of nitrogens with one attached hydrogen (secondary N) is 1. The smallest absolute Gasteiger partial charge is 0.271 e. The molecule has 0 saturated carbocycles. The van der Waals surface area contributed by atoms with Gasteiger partial charge in [0.2, 0.25) is 0 Å². The van der Waals surface area contributed by atoms with E-state index < -0.39 is 4.92 Å². The molecule has 0 atom stereocenters. The predicted octanol–water partition coefficient (Wildman–Crippen LogP) is 2.59. The summed E-state index contributed by atoms with van der Waals surface area (Å²) in [5.41, 5.74) is 0.723. The molecule has 18 heavy (non-hydrogen) atoms. The topological polar surface area (TPSA) is 73.0 Å². The second kappa shape index (κ2) is 5.05. The maximum atomic E-state index is 10.6. The van der Waals surface area contributed by atoms with Gasteiger partial charge in [-0.2, -0.15) is 0 Å². The van der Waals surface area contributed by atoms with Gasteiger partial charge in [0.15, 0.2) is 0 Å². The zero-order valence-corrected chi connectivity index (χ0v) is 10.4. The molecule has 0 fully saturated rings. The number of hydrogen-bond acceptors (Lipinski definition) is 4. The first kappa shape index (κ1) is 12.4. The minimum absolute atomic E-state index is 0.0536. The lowest BCUT2D eigenvalue weighted by Gasteiger charge is -2.06. The number of non-ortho nitro benzene ring substituents is 1. The van der Waals surface area contributed by atoms with Gasteiger partial charge in [0.1, 0.15) is 11.0 Å². The Bertz CT molecular complexity index is 582. The molecule has 0 amide bonds. The van der Waals surface area contributed by atoms with Crippen molar-refractivity contribution in [2.45, 2.75) is 6.54 Å². The van der Waals surface area contributed by atoms with Gasteiger partial charge in [-0.15, -0.1) is 0 Å². The van der Waals surface area contributed by atoms with E-state index in [1.165, 1.54) is 12.1 Å². The average Bonchev–Trinajstić information content (AvgIpc) is 2.68. The number of benzene rings is 1. The predicted molar refractivity (Wildman–Crippen MR) is 68.6 cm³/mol. The zero-order chi connectivity index (χ0) is 13.1. The molecule has 1 aromatic carbocycles. The van der Waals surface area contributed by atoms with E-state index >= 15 is 0 Å². The Hall–Kier alpha value is -2.08. The van der Waals surface area contributed by atoms with Crippen LogP contribution in [0.3, 0.4) is 0 Å². The van der Waals surface area contributed by atoms with Gasteiger partial charge in [0.25, 0.3) is 5.69 Å². The van der Waals surface area contributed by atoms with Crippen LogP contribution in [0.25, 0.3) is 0 Å². The molecule has 0 aliphatic heterocycles. The fraction of sp³-hybridized carbons (Fsp3) is 0.182. The van der Waals surface area contributed by atoms with Crippen LogP contribution in [0.4, 0.5) is 11.4 Å². The molecule has 0 bridgehead atoms. The molecule has 0 spiro atoms. The standard InChI is InChI=1S/C11H11ClN4O2/c1-15-10(12)6-14-11(15)7-13-8-3-2-4-9(5-8)16(17)18/h2-6,13H,7H2,1H3. The molecule has 0 aliphatic carbocycles. The summed E-state index contributed by atoms with van der Waals surface area (Å²) in [7, 11) is 1.81.